The van der Waals surface area contributed by atoms with Gasteiger partial charge >= 0.3 is 6.36 Å². The molecule has 0 bridgehead atoms. The molecule has 0 aliphatic carbocycles. The Morgan fingerprint density at radius 3 is 2.20 bits per heavy atom. The lowest BCUT2D eigenvalue weighted by Gasteiger charge is -2.39. The smallest absolute Gasteiger partial charge is 0.468 e. The van der Waals surface area contributed by atoms with Crippen LogP contribution >= 0.6 is 0 Å². The van der Waals surface area contributed by atoms with Gasteiger partial charge in [-0.05, 0) is 60.7 Å². The van der Waals surface area contributed by atoms with Crippen LogP contribution in [0, 0.1) is 5.82 Å². The molecular weight excluding hydrogens is 490 g/mol. The molecule has 1 N–H and O–H groups in total. The number of rotatable bonds is 8. The lowest BCUT2D eigenvalue weighted by molar-refractivity contribution is -0.274. The lowest BCUT2D eigenvalue weighted by atomic mass is 10.1. The highest BCUT2D eigenvalue weighted by molar-refractivity contribution is 7.89. The van der Waals surface area contributed by atoms with Crippen molar-refractivity contribution in [1.29, 1.82) is 0 Å². The van der Waals surface area contributed by atoms with E-state index < -0.39 is 28.2 Å². The van der Waals surface area contributed by atoms with Crippen LogP contribution in [0.1, 0.15) is 11.8 Å². The minimum atomic E-state index is -4.87. The van der Waals surface area contributed by atoms with Crippen LogP contribution < -0.4 is 14.4 Å². The predicted molar refractivity (Wildman–Crippen MR) is 120 cm³/mol. The Labute approximate surface area is 199 Å². The molecule has 1 atom stereocenters. The van der Waals surface area contributed by atoms with E-state index in [1.165, 1.54) is 18.4 Å². The van der Waals surface area contributed by atoms with Gasteiger partial charge < -0.3 is 14.1 Å². The molecule has 1 saturated heterocycles. The van der Waals surface area contributed by atoms with Gasteiger partial charge in [0.2, 0.25) is 10.0 Å². The normalized spacial score (nSPS) is 16.3. The van der Waals surface area contributed by atoms with Crippen LogP contribution in [0.2, 0.25) is 0 Å². The highest BCUT2D eigenvalue weighted by Gasteiger charge is 2.32. The average molecular weight is 514 g/mol. The first-order chi connectivity index (χ1) is 16.6. The van der Waals surface area contributed by atoms with E-state index in [0.29, 0.717) is 31.9 Å². The summed E-state index contributed by atoms with van der Waals surface area (Å²) in [7, 11) is -4.00. The van der Waals surface area contributed by atoms with E-state index in [2.05, 4.69) is 19.3 Å². The third-order valence-electron chi connectivity index (χ3n) is 5.65. The average Bonchev–Trinajstić information content (AvgIpc) is 3.34. The second-order valence-corrected chi connectivity index (χ2v) is 9.67. The number of halogens is 4. The molecule has 188 valence electrons. The monoisotopic (exact) mass is 513 g/mol. The summed E-state index contributed by atoms with van der Waals surface area (Å²) < 4.78 is 87.7. The van der Waals surface area contributed by atoms with Crippen molar-refractivity contribution in [3.8, 4) is 5.75 Å². The maximum atomic E-state index is 13.2. The van der Waals surface area contributed by atoms with Gasteiger partial charge in [0.25, 0.3) is 0 Å². The summed E-state index contributed by atoms with van der Waals surface area (Å²) in [6.45, 7) is 2.50. The number of furan rings is 1. The second kappa shape index (κ2) is 10.3. The van der Waals surface area contributed by atoms with E-state index in [-0.39, 0.29) is 17.3 Å². The number of anilines is 1. The van der Waals surface area contributed by atoms with Gasteiger partial charge in [0, 0.05) is 38.4 Å². The minimum Gasteiger partial charge on any atom is -0.468 e. The first-order valence-electron chi connectivity index (χ1n) is 10.7. The van der Waals surface area contributed by atoms with Crippen molar-refractivity contribution in [2.24, 2.45) is 0 Å². The van der Waals surface area contributed by atoms with E-state index in [9.17, 15) is 26.0 Å². The second-order valence-electron chi connectivity index (χ2n) is 7.90. The molecule has 1 aliphatic rings. The number of benzene rings is 2. The summed E-state index contributed by atoms with van der Waals surface area (Å²) in [4.78, 5) is 4.01. The van der Waals surface area contributed by atoms with Gasteiger partial charge in [-0.3, -0.25) is 4.90 Å². The third-order valence-corrected chi connectivity index (χ3v) is 7.09. The van der Waals surface area contributed by atoms with Gasteiger partial charge in [-0.15, -0.1) is 13.2 Å². The zero-order valence-electron chi connectivity index (χ0n) is 18.4. The van der Waals surface area contributed by atoms with E-state index in [1.54, 1.807) is 24.3 Å². The fourth-order valence-electron chi connectivity index (χ4n) is 3.93. The van der Waals surface area contributed by atoms with Crippen molar-refractivity contribution >= 4 is 15.7 Å². The molecule has 2 heterocycles. The molecule has 1 aliphatic heterocycles. The van der Waals surface area contributed by atoms with Gasteiger partial charge in [0.15, 0.2) is 0 Å². The Kier molecular flexibility index (Phi) is 7.33. The predicted octanol–water partition coefficient (Wildman–Crippen LogP) is 4.16. The Morgan fingerprint density at radius 2 is 1.63 bits per heavy atom. The van der Waals surface area contributed by atoms with Crippen molar-refractivity contribution in [2.45, 2.75) is 17.3 Å². The van der Waals surface area contributed by atoms with Crippen LogP contribution in [0.3, 0.4) is 0 Å². The van der Waals surface area contributed by atoms with Crippen molar-refractivity contribution < 1.29 is 35.1 Å². The van der Waals surface area contributed by atoms with Gasteiger partial charge in [-0.1, -0.05) is 0 Å². The quantitative estimate of drug-likeness (QED) is 0.456. The Bertz CT molecular complexity index is 1190. The molecule has 4 rings (SSSR count). The molecule has 12 heteroatoms. The van der Waals surface area contributed by atoms with E-state index in [1.807, 2.05) is 0 Å². The fourth-order valence-corrected chi connectivity index (χ4v) is 4.96. The number of ether oxygens (including phenoxy) is 1. The summed E-state index contributed by atoms with van der Waals surface area (Å²) in [6, 6.07) is 13.3. The molecule has 1 fully saturated rings. The molecule has 0 saturated carbocycles. The Balaban J connectivity index is 1.42. The van der Waals surface area contributed by atoms with E-state index >= 15 is 0 Å². The fraction of sp³-hybridized carbons (Fsp3) is 0.304. The van der Waals surface area contributed by atoms with Crippen LogP contribution in [-0.2, 0) is 10.0 Å². The largest absolute Gasteiger partial charge is 0.573 e. The molecular formula is C23H23F4N3O4S. The standard InChI is InChI=1S/C23H23F4N3O4S/c24-17-3-5-18(6-4-17)29-11-13-30(14-12-29)21(22-2-1-15-33-22)16-28-35(31,32)20-9-7-19(8-10-20)34-23(25,26)27/h1-10,15,21,28H,11-14,16H2. The Hall–Kier alpha value is -3.09. The Morgan fingerprint density at radius 1 is 0.971 bits per heavy atom. The zero-order chi connectivity index (χ0) is 25.1. The summed E-state index contributed by atoms with van der Waals surface area (Å²) in [6.07, 6.45) is -3.36. The molecule has 7 nitrogen and oxygen atoms in total. The highest BCUT2D eigenvalue weighted by Crippen LogP contribution is 2.26. The maximum Gasteiger partial charge on any atom is 0.573 e. The molecule has 0 amide bonds. The van der Waals surface area contributed by atoms with E-state index in [0.717, 1.165) is 30.0 Å². The molecule has 3 aromatic rings. The van der Waals surface area contributed by atoms with E-state index in [4.69, 9.17) is 4.42 Å². The van der Waals surface area contributed by atoms with Crippen molar-refractivity contribution in [3.05, 3.63) is 78.5 Å². The number of sulfonamides is 1. The van der Waals surface area contributed by atoms with Gasteiger partial charge in [0.1, 0.15) is 17.3 Å². The molecule has 35 heavy (non-hydrogen) atoms. The number of alkyl halides is 3. The summed E-state index contributed by atoms with van der Waals surface area (Å²) in [5.74, 6) is -0.235. The van der Waals surface area contributed by atoms with Gasteiger partial charge in [-0.2, -0.15) is 0 Å². The highest BCUT2D eigenvalue weighted by atomic mass is 32.2. The van der Waals surface area contributed by atoms with Gasteiger partial charge in [-0.25, -0.2) is 17.5 Å². The van der Waals surface area contributed by atoms with Crippen LogP contribution in [0.5, 0.6) is 5.75 Å². The number of hydrogen-bond acceptors (Lipinski definition) is 6. The summed E-state index contributed by atoms with van der Waals surface area (Å²) in [5, 5.41) is 0. The first kappa shape index (κ1) is 25.0. The lowest BCUT2D eigenvalue weighted by Crippen LogP contribution is -2.49. The van der Waals surface area contributed by atoms with Crippen LogP contribution in [0.25, 0.3) is 0 Å². The molecule has 0 spiro atoms. The van der Waals surface area contributed by atoms with Gasteiger partial charge in [0.05, 0.1) is 17.2 Å². The van der Waals surface area contributed by atoms with Crippen LogP contribution in [-0.4, -0.2) is 52.4 Å². The molecule has 0 radical (unpaired) electrons. The van der Waals surface area contributed by atoms with Crippen molar-refractivity contribution in [1.82, 2.24) is 9.62 Å². The molecule has 1 unspecified atom stereocenters. The van der Waals surface area contributed by atoms with Crippen molar-refractivity contribution in [3.63, 3.8) is 0 Å². The SMILES string of the molecule is O=S(=O)(NCC(c1ccco1)N1CCN(c2ccc(F)cc2)CC1)c1ccc(OC(F)(F)F)cc1. The number of nitrogens with zero attached hydrogens (tertiary/aromatic N) is 2. The first-order valence-corrected chi connectivity index (χ1v) is 12.2. The maximum absolute atomic E-state index is 13.2. The minimum absolute atomic E-state index is 0.00675. The molecule has 2 aromatic carbocycles. The summed E-state index contributed by atoms with van der Waals surface area (Å²) >= 11 is 0. The van der Waals surface area contributed by atoms with Crippen LogP contribution in [0.15, 0.2) is 76.2 Å². The van der Waals surface area contributed by atoms with Crippen LogP contribution in [0.4, 0.5) is 23.2 Å². The molecule has 1 aromatic heterocycles. The number of hydrogen-bond donors (Lipinski definition) is 1. The zero-order valence-corrected chi connectivity index (χ0v) is 19.2. The van der Waals surface area contributed by atoms with Crippen molar-refractivity contribution in [2.75, 3.05) is 37.6 Å². The number of piperazine rings is 1. The summed E-state index contributed by atoms with van der Waals surface area (Å²) in [5.41, 5.74) is 0.902. The topological polar surface area (TPSA) is 75.0 Å². The number of nitrogens with one attached hydrogen (secondary N) is 1. The third kappa shape index (κ3) is 6.53.